The summed E-state index contributed by atoms with van der Waals surface area (Å²) in [6.45, 7) is 1.78. The van der Waals surface area contributed by atoms with Crippen molar-refractivity contribution in [1.82, 2.24) is 5.32 Å². The molecule has 0 saturated carbocycles. The van der Waals surface area contributed by atoms with Gasteiger partial charge in [-0.05, 0) is 40.5 Å². The van der Waals surface area contributed by atoms with E-state index in [-0.39, 0.29) is 5.91 Å². The lowest BCUT2D eigenvalue weighted by molar-refractivity contribution is -0.120. The van der Waals surface area contributed by atoms with Crippen molar-refractivity contribution in [3.8, 4) is 11.5 Å². The average molecular weight is 347 g/mol. The molecule has 1 amide bonds. The molecule has 0 aliphatic carbocycles. The van der Waals surface area contributed by atoms with Crippen molar-refractivity contribution in [2.45, 2.75) is 12.8 Å². The van der Waals surface area contributed by atoms with Crippen LogP contribution in [0.25, 0.3) is 10.8 Å². The van der Waals surface area contributed by atoms with Gasteiger partial charge in [0.2, 0.25) is 5.91 Å². The van der Waals surface area contributed by atoms with E-state index >= 15 is 0 Å². The van der Waals surface area contributed by atoms with Gasteiger partial charge in [0.25, 0.3) is 0 Å². The summed E-state index contributed by atoms with van der Waals surface area (Å²) in [4.78, 5) is 12.2. The molecule has 1 N–H and O–H groups in total. The molecule has 1 aliphatic rings. The first-order valence-electron chi connectivity index (χ1n) is 8.91. The Bertz CT molecular complexity index is 936. The lowest BCUT2D eigenvalue weighted by atomic mass is 10.0. The molecule has 4 heteroatoms. The van der Waals surface area contributed by atoms with Crippen LogP contribution in [0.15, 0.2) is 60.7 Å². The zero-order valence-electron chi connectivity index (χ0n) is 14.5. The molecule has 0 aromatic heterocycles. The number of nitrogens with one attached hydrogen (secondary N) is 1. The fraction of sp³-hybridized carbons (Fsp3) is 0.227. The van der Waals surface area contributed by atoms with E-state index in [1.165, 1.54) is 5.39 Å². The predicted octanol–water partition coefficient (Wildman–Crippen LogP) is 3.51. The van der Waals surface area contributed by atoms with Gasteiger partial charge in [-0.25, -0.2) is 0 Å². The minimum Gasteiger partial charge on any atom is -0.486 e. The van der Waals surface area contributed by atoms with E-state index in [9.17, 15) is 4.79 Å². The minimum absolute atomic E-state index is 0.0397. The molecule has 0 atom stereocenters. The molecule has 3 aromatic rings. The Balaban J connectivity index is 1.31. The van der Waals surface area contributed by atoms with Crippen LogP contribution < -0.4 is 14.8 Å². The monoisotopic (exact) mass is 347 g/mol. The number of benzene rings is 3. The fourth-order valence-electron chi connectivity index (χ4n) is 3.19. The van der Waals surface area contributed by atoms with Crippen LogP contribution in [0.3, 0.4) is 0 Å². The van der Waals surface area contributed by atoms with Gasteiger partial charge in [-0.1, -0.05) is 48.5 Å². The summed E-state index contributed by atoms with van der Waals surface area (Å²) in [5, 5.41) is 5.35. The Labute approximate surface area is 152 Å². The topological polar surface area (TPSA) is 47.6 Å². The van der Waals surface area contributed by atoms with Crippen molar-refractivity contribution in [2.75, 3.05) is 19.8 Å². The van der Waals surface area contributed by atoms with Crippen LogP contribution in [0.5, 0.6) is 11.5 Å². The first-order valence-corrected chi connectivity index (χ1v) is 8.91. The Morgan fingerprint density at radius 3 is 2.50 bits per heavy atom. The Morgan fingerprint density at radius 2 is 1.62 bits per heavy atom. The summed E-state index contributed by atoms with van der Waals surface area (Å²) in [7, 11) is 0. The summed E-state index contributed by atoms with van der Waals surface area (Å²) in [5.74, 6) is 1.62. The first-order chi connectivity index (χ1) is 12.8. The number of hydrogen-bond donors (Lipinski definition) is 1. The molecule has 0 fully saturated rings. The van der Waals surface area contributed by atoms with Gasteiger partial charge < -0.3 is 14.8 Å². The molecule has 1 aliphatic heterocycles. The van der Waals surface area contributed by atoms with Crippen molar-refractivity contribution < 1.29 is 14.3 Å². The number of carbonyl (C=O) groups excluding carboxylic acids is 1. The van der Waals surface area contributed by atoms with Crippen LogP contribution in [0.1, 0.15) is 11.1 Å². The smallest absolute Gasteiger partial charge is 0.224 e. The summed E-state index contributed by atoms with van der Waals surface area (Å²) < 4.78 is 11.1. The highest BCUT2D eigenvalue weighted by molar-refractivity contribution is 5.85. The van der Waals surface area contributed by atoms with Gasteiger partial charge in [0.15, 0.2) is 11.5 Å². The van der Waals surface area contributed by atoms with Crippen molar-refractivity contribution in [1.29, 1.82) is 0 Å². The maximum Gasteiger partial charge on any atom is 0.224 e. The lowest BCUT2D eigenvalue weighted by Gasteiger charge is -2.18. The molecule has 0 bridgehead atoms. The van der Waals surface area contributed by atoms with Gasteiger partial charge in [0.1, 0.15) is 13.2 Å². The summed E-state index contributed by atoms with van der Waals surface area (Å²) in [5.41, 5.74) is 2.15. The summed E-state index contributed by atoms with van der Waals surface area (Å²) >= 11 is 0. The van der Waals surface area contributed by atoms with Gasteiger partial charge in [-0.2, -0.15) is 0 Å². The molecule has 4 rings (SSSR count). The van der Waals surface area contributed by atoms with E-state index < -0.39 is 0 Å². The third kappa shape index (κ3) is 3.80. The zero-order chi connectivity index (χ0) is 17.8. The highest BCUT2D eigenvalue weighted by atomic mass is 16.6. The Hall–Kier alpha value is -3.01. The van der Waals surface area contributed by atoms with E-state index in [1.807, 2.05) is 36.4 Å². The second-order valence-electron chi connectivity index (χ2n) is 6.44. The van der Waals surface area contributed by atoms with E-state index in [0.29, 0.717) is 26.2 Å². The highest BCUT2D eigenvalue weighted by Crippen LogP contribution is 2.30. The number of amides is 1. The minimum atomic E-state index is 0.0397. The van der Waals surface area contributed by atoms with Gasteiger partial charge in [-0.3, -0.25) is 4.79 Å². The van der Waals surface area contributed by atoms with Gasteiger partial charge in [0, 0.05) is 6.54 Å². The Kier molecular flexibility index (Phi) is 4.73. The second kappa shape index (κ2) is 7.48. The third-order valence-electron chi connectivity index (χ3n) is 4.52. The van der Waals surface area contributed by atoms with Gasteiger partial charge >= 0.3 is 0 Å². The first kappa shape index (κ1) is 16.5. The fourth-order valence-corrected chi connectivity index (χ4v) is 3.19. The van der Waals surface area contributed by atoms with E-state index in [0.717, 1.165) is 34.4 Å². The molecule has 132 valence electrons. The molecule has 1 heterocycles. The van der Waals surface area contributed by atoms with Gasteiger partial charge in [-0.15, -0.1) is 0 Å². The summed E-state index contributed by atoms with van der Waals surface area (Å²) in [6, 6.07) is 20.3. The molecular weight excluding hydrogens is 326 g/mol. The van der Waals surface area contributed by atoms with Gasteiger partial charge in [0.05, 0.1) is 6.42 Å². The Morgan fingerprint density at radius 1 is 0.846 bits per heavy atom. The van der Waals surface area contributed by atoms with E-state index in [2.05, 4.69) is 29.6 Å². The van der Waals surface area contributed by atoms with Crippen LogP contribution >= 0.6 is 0 Å². The summed E-state index contributed by atoms with van der Waals surface area (Å²) in [6.07, 6.45) is 1.16. The van der Waals surface area contributed by atoms with Crippen LogP contribution in [0.4, 0.5) is 0 Å². The lowest BCUT2D eigenvalue weighted by Crippen LogP contribution is -2.27. The number of fused-ring (bicyclic) bond motifs is 2. The number of carbonyl (C=O) groups is 1. The second-order valence-corrected chi connectivity index (χ2v) is 6.44. The van der Waals surface area contributed by atoms with Crippen LogP contribution in [0, 0.1) is 0 Å². The molecule has 0 radical (unpaired) electrons. The van der Waals surface area contributed by atoms with Crippen molar-refractivity contribution in [3.63, 3.8) is 0 Å². The number of hydrogen-bond acceptors (Lipinski definition) is 3. The van der Waals surface area contributed by atoms with E-state index in [1.54, 1.807) is 0 Å². The van der Waals surface area contributed by atoms with Crippen molar-refractivity contribution in [2.24, 2.45) is 0 Å². The SMILES string of the molecule is O=C(Cc1ccc2ccccc2c1)NCCc1ccc2c(c1)OCCO2. The average Bonchev–Trinajstić information content (AvgIpc) is 2.68. The largest absolute Gasteiger partial charge is 0.486 e. The predicted molar refractivity (Wildman–Crippen MR) is 102 cm³/mol. The third-order valence-corrected chi connectivity index (χ3v) is 4.52. The van der Waals surface area contributed by atoms with Crippen LogP contribution in [-0.2, 0) is 17.6 Å². The molecule has 3 aromatic carbocycles. The normalized spacial score (nSPS) is 12.8. The molecule has 0 saturated heterocycles. The molecule has 26 heavy (non-hydrogen) atoms. The van der Waals surface area contributed by atoms with Crippen LogP contribution in [0.2, 0.25) is 0 Å². The standard InChI is InChI=1S/C22H21NO3/c24-22(15-17-5-7-18-3-1-2-4-19(18)13-17)23-10-9-16-6-8-20-21(14-16)26-12-11-25-20/h1-8,13-14H,9-12,15H2,(H,23,24). The molecule has 0 unspecified atom stereocenters. The molecule has 4 nitrogen and oxygen atoms in total. The highest BCUT2D eigenvalue weighted by Gasteiger charge is 2.11. The van der Waals surface area contributed by atoms with Crippen LogP contribution in [-0.4, -0.2) is 25.7 Å². The zero-order valence-corrected chi connectivity index (χ0v) is 14.5. The quantitative estimate of drug-likeness (QED) is 0.768. The van der Waals surface area contributed by atoms with Crippen molar-refractivity contribution in [3.05, 3.63) is 71.8 Å². The van der Waals surface area contributed by atoms with E-state index in [4.69, 9.17) is 9.47 Å². The number of ether oxygens (including phenoxy) is 2. The molecule has 0 spiro atoms. The number of rotatable bonds is 5. The van der Waals surface area contributed by atoms with Crippen molar-refractivity contribution >= 4 is 16.7 Å². The molecular formula is C22H21NO3. The maximum absolute atomic E-state index is 12.2. The maximum atomic E-state index is 12.2.